The Kier molecular flexibility index (Phi) is 5.15. The largest absolute Gasteiger partial charge is 0.482 e. The van der Waals surface area contributed by atoms with Gasteiger partial charge in [0.2, 0.25) is 0 Å². The summed E-state index contributed by atoms with van der Waals surface area (Å²) >= 11 is 3.42. The molecule has 1 amide bonds. The topological polar surface area (TPSA) is 55.8 Å². The lowest BCUT2D eigenvalue weighted by Crippen LogP contribution is -2.40. The molecular formula is C18H16BrNO4. The highest BCUT2D eigenvalue weighted by Crippen LogP contribution is 2.31. The lowest BCUT2D eigenvalue weighted by Gasteiger charge is -2.28. The van der Waals surface area contributed by atoms with Gasteiger partial charge in [0.15, 0.2) is 6.61 Å². The number of anilines is 1. The van der Waals surface area contributed by atoms with Crippen LogP contribution in [0.4, 0.5) is 5.69 Å². The molecule has 3 rings (SSSR count). The fourth-order valence-corrected chi connectivity index (χ4v) is 2.85. The average molecular weight is 390 g/mol. The number of benzene rings is 2. The second-order valence-electron chi connectivity index (χ2n) is 5.30. The average Bonchev–Trinajstić information content (AvgIpc) is 2.60. The van der Waals surface area contributed by atoms with Gasteiger partial charge in [0.25, 0.3) is 5.91 Å². The molecular weight excluding hydrogens is 374 g/mol. The van der Waals surface area contributed by atoms with Gasteiger partial charge >= 0.3 is 5.97 Å². The summed E-state index contributed by atoms with van der Waals surface area (Å²) in [6, 6.07) is 14.9. The second kappa shape index (κ2) is 7.49. The number of para-hydroxylation sites is 2. The lowest BCUT2D eigenvalue weighted by atomic mass is 10.2. The quantitative estimate of drug-likeness (QED) is 0.736. The van der Waals surface area contributed by atoms with Crippen molar-refractivity contribution in [2.45, 2.75) is 13.0 Å². The normalized spacial score (nSPS) is 13.2. The first-order valence-electron chi connectivity index (χ1n) is 7.56. The third kappa shape index (κ3) is 3.76. The highest BCUT2D eigenvalue weighted by Gasteiger charge is 2.25. The van der Waals surface area contributed by atoms with E-state index in [-0.39, 0.29) is 38.1 Å². The van der Waals surface area contributed by atoms with Crippen molar-refractivity contribution in [1.29, 1.82) is 0 Å². The molecule has 0 unspecified atom stereocenters. The number of hydrogen-bond donors (Lipinski definition) is 0. The Morgan fingerprint density at radius 2 is 1.92 bits per heavy atom. The molecule has 0 bridgehead atoms. The van der Waals surface area contributed by atoms with Crippen molar-refractivity contribution in [3.05, 3.63) is 58.6 Å². The molecule has 1 aliphatic rings. The van der Waals surface area contributed by atoms with E-state index < -0.39 is 0 Å². The zero-order valence-electron chi connectivity index (χ0n) is 12.9. The van der Waals surface area contributed by atoms with Crippen molar-refractivity contribution >= 4 is 33.5 Å². The zero-order chi connectivity index (χ0) is 16.9. The van der Waals surface area contributed by atoms with Crippen LogP contribution < -0.4 is 9.64 Å². The second-order valence-corrected chi connectivity index (χ2v) is 6.16. The number of rotatable bonds is 5. The molecule has 0 saturated heterocycles. The maximum Gasteiger partial charge on any atom is 0.307 e. The number of hydrogen-bond acceptors (Lipinski definition) is 4. The molecule has 0 aromatic heterocycles. The number of halogens is 1. The fourth-order valence-electron chi connectivity index (χ4n) is 2.45. The Balaban J connectivity index is 1.57. The van der Waals surface area contributed by atoms with E-state index in [0.717, 1.165) is 10.0 Å². The molecule has 0 saturated carbocycles. The Bertz CT molecular complexity index is 762. The first kappa shape index (κ1) is 16.5. The van der Waals surface area contributed by atoms with E-state index in [9.17, 15) is 9.59 Å². The van der Waals surface area contributed by atoms with Gasteiger partial charge in [0, 0.05) is 16.6 Å². The zero-order valence-corrected chi connectivity index (χ0v) is 14.5. The number of ether oxygens (including phenoxy) is 2. The number of nitrogens with zero attached hydrogens (tertiary/aromatic N) is 1. The molecule has 1 heterocycles. The molecule has 124 valence electrons. The SMILES string of the molecule is O=C(CCN1C(=O)COc2ccccc21)OCc1ccccc1Br. The molecule has 0 radical (unpaired) electrons. The minimum atomic E-state index is -0.345. The smallest absolute Gasteiger partial charge is 0.307 e. The minimum absolute atomic E-state index is 0.0109. The van der Waals surface area contributed by atoms with Crippen LogP contribution in [0.1, 0.15) is 12.0 Å². The summed E-state index contributed by atoms with van der Waals surface area (Å²) in [6.45, 7) is 0.463. The van der Waals surface area contributed by atoms with Gasteiger partial charge in [-0.3, -0.25) is 9.59 Å². The molecule has 1 aliphatic heterocycles. The van der Waals surface area contributed by atoms with Crippen LogP contribution >= 0.6 is 15.9 Å². The summed E-state index contributed by atoms with van der Waals surface area (Å²) in [5.74, 6) is 0.147. The Morgan fingerprint density at radius 3 is 2.75 bits per heavy atom. The maximum absolute atomic E-state index is 12.0. The van der Waals surface area contributed by atoms with Crippen LogP contribution in [0, 0.1) is 0 Å². The van der Waals surface area contributed by atoms with E-state index in [0.29, 0.717) is 11.4 Å². The van der Waals surface area contributed by atoms with E-state index >= 15 is 0 Å². The molecule has 0 spiro atoms. The third-order valence-electron chi connectivity index (χ3n) is 3.69. The monoisotopic (exact) mass is 389 g/mol. The van der Waals surface area contributed by atoms with Crippen molar-refractivity contribution in [1.82, 2.24) is 0 Å². The van der Waals surface area contributed by atoms with Crippen molar-refractivity contribution < 1.29 is 19.1 Å². The van der Waals surface area contributed by atoms with Crippen LogP contribution in [0.5, 0.6) is 5.75 Å². The molecule has 2 aromatic carbocycles. The van der Waals surface area contributed by atoms with Gasteiger partial charge < -0.3 is 14.4 Å². The highest BCUT2D eigenvalue weighted by molar-refractivity contribution is 9.10. The molecule has 0 N–H and O–H groups in total. The van der Waals surface area contributed by atoms with Gasteiger partial charge in [-0.25, -0.2) is 0 Å². The van der Waals surface area contributed by atoms with Crippen LogP contribution in [-0.2, 0) is 20.9 Å². The van der Waals surface area contributed by atoms with Gasteiger partial charge in [-0.1, -0.05) is 46.3 Å². The van der Waals surface area contributed by atoms with Gasteiger partial charge in [0.05, 0.1) is 12.1 Å². The Morgan fingerprint density at radius 1 is 1.17 bits per heavy atom. The third-order valence-corrected chi connectivity index (χ3v) is 4.47. The first-order chi connectivity index (χ1) is 11.6. The number of fused-ring (bicyclic) bond motifs is 1. The van der Waals surface area contributed by atoms with Gasteiger partial charge in [-0.05, 0) is 18.2 Å². The summed E-state index contributed by atoms with van der Waals surface area (Å²) in [5, 5.41) is 0. The van der Waals surface area contributed by atoms with Crippen LogP contribution in [-0.4, -0.2) is 25.0 Å². The van der Waals surface area contributed by atoms with Crippen LogP contribution in [0.2, 0.25) is 0 Å². The molecule has 0 atom stereocenters. The molecule has 0 aliphatic carbocycles. The minimum Gasteiger partial charge on any atom is -0.482 e. The lowest BCUT2D eigenvalue weighted by molar-refractivity contribution is -0.144. The summed E-state index contributed by atoms with van der Waals surface area (Å²) in [6.07, 6.45) is 0.129. The predicted molar refractivity (Wildman–Crippen MR) is 92.8 cm³/mol. The molecule has 6 heteroatoms. The number of amides is 1. The number of esters is 1. The Labute approximate surface area is 148 Å². The summed E-state index contributed by atoms with van der Waals surface area (Å²) in [7, 11) is 0. The van der Waals surface area contributed by atoms with Crippen molar-refractivity contribution in [2.24, 2.45) is 0 Å². The van der Waals surface area contributed by atoms with Gasteiger partial charge in [-0.2, -0.15) is 0 Å². The van der Waals surface area contributed by atoms with Gasteiger partial charge in [0.1, 0.15) is 12.4 Å². The molecule has 2 aromatic rings. The van der Waals surface area contributed by atoms with Crippen LogP contribution in [0.15, 0.2) is 53.0 Å². The molecule has 0 fully saturated rings. The number of carbonyl (C=O) groups excluding carboxylic acids is 2. The fraction of sp³-hybridized carbons (Fsp3) is 0.222. The highest BCUT2D eigenvalue weighted by atomic mass is 79.9. The van der Waals surface area contributed by atoms with Crippen molar-refractivity contribution in [3.8, 4) is 5.75 Å². The first-order valence-corrected chi connectivity index (χ1v) is 8.35. The van der Waals surface area contributed by atoms with E-state index in [1.54, 1.807) is 17.0 Å². The van der Waals surface area contributed by atoms with E-state index in [1.165, 1.54) is 0 Å². The van der Waals surface area contributed by atoms with Crippen LogP contribution in [0.25, 0.3) is 0 Å². The molecule has 24 heavy (non-hydrogen) atoms. The molecule has 5 nitrogen and oxygen atoms in total. The van der Waals surface area contributed by atoms with Gasteiger partial charge in [-0.15, -0.1) is 0 Å². The standard InChI is InChI=1S/C18H16BrNO4/c19-14-6-2-1-5-13(14)11-24-18(22)9-10-20-15-7-3-4-8-16(15)23-12-17(20)21/h1-8H,9-12H2. The summed E-state index contributed by atoms with van der Waals surface area (Å²) in [5.41, 5.74) is 1.59. The number of carbonyl (C=O) groups is 2. The Hall–Kier alpha value is -2.34. The summed E-state index contributed by atoms with van der Waals surface area (Å²) < 4.78 is 11.6. The summed E-state index contributed by atoms with van der Waals surface area (Å²) in [4.78, 5) is 25.6. The van der Waals surface area contributed by atoms with Crippen molar-refractivity contribution in [2.75, 3.05) is 18.1 Å². The van der Waals surface area contributed by atoms with Crippen molar-refractivity contribution in [3.63, 3.8) is 0 Å². The van der Waals surface area contributed by atoms with E-state index in [2.05, 4.69) is 15.9 Å². The van der Waals surface area contributed by atoms with E-state index in [1.807, 2.05) is 36.4 Å². The maximum atomic E-state index is 12.0. The van der Waals surface area contributed by atoms with E-state index in [4.69, 9.17) is 9.47 Å². The predicted octanol–water partition coefficient (Wildman–Crippen LogP) is 3.31. The van der Waals surface area contributed by atoms with Crippen LogP contribution in [0.3, 0.4) is 0 Å².